The van der Waals surface area contributed by atoms with Gasteiger partial charge in [-0.05, 0) is 58.5 Å². The molecule has 198 valence electrons. The van der Waals surface area contributed by atoms with E-state index in [-0.39, 0.29) is 29.5 Å². The molecule has 6 nitrogen and oxygen atoms in total. The van der Waals surface area contributed by atoms with Crippen molar-refractivity contribution in [2.45, 2.75) is 39.2 Å². The zero-order valence-electron chi connectivity index (χ0n) is 22.3. The average molecular weight is 516 g/mol. The smallest absolute Gasteiger partial charge is 0.268 e. The maximum Gasteiger partial charge on any atom is 0.268 e. The van der Waals surface area contributed by atoms with Gasteiger partial charge >= 0.3 is 0 Å². The number of nitrogens with one attached hydrogen (secondary N) is 2. The first kappa shape index (κ1) is 27.1. The molecule has 0 spiro atoms. The molecule has 4 aromatic rings. The van der Waals surface area contributed by atoms with Crippen LogP contribution in [0.1, 0.15) is 48.0 Å². The zero-order chi connectivity index (χ0) is 27.3. The highest BCUT2D eigenvalue weighted by atomic mass is 19.1. The van der Waals surface area contributed by atoms with E-state index in [2.05, 4.69) is 55.7 Å². The fraction of sp³-hybridized carbons (Fsp3) is 0.290. The van der Waals surface area contributed by atoms with Crippen LogP contribution in [0.2, 0.25) is 0 Å². The van der Waals surface area contributed by atoms with Crippen molar-refractivity contribution in [2.24, 2.45) is 0 Å². The van der Waals surface area contributed by atoms with Crippen LogP contribution in [-0.2, 0) is 27.9 Å². The molecule has 0 unspecified atom stereocenters. The van der Waals surface area contributed by atoms with Crippen LogP contribution in [0.15, 0.2) is 72.8 Å². The van der Waals surface area contributed by atoms with Crippen LogP contribution in [0.4, 0.5) is 10.1 Å². The van der Waals surface area contributed by atoms with E-state index in [9.17, 15) is 14.0 Å². The molecule has 3 aromatic carbocycles. The van der Waals surface area contributed by atoms with Gasteiger partial charge in [-0.15, -0.1) is 0 Å². The minimum Gasteiger partial charge on any atom is -0.383 e. The van der Waals surface area contributed by atoms with Crippen molar-refractivity contribution in [1.29, 1.82) is 0 Å². The van der Waals surface area contributed by atoms with Gasteiger partial charge in [-0.2, -0.15) is 0 Å². The number of carbonyl (C=O) groups is 2. The number of hydrogen-bond acceptors (Lipinski definition) is 3. The number of methoxy groups -OCH3 is 1. The maximum atomic E-state index is 13.2. The molecular weight excluding hydrogens is 481 g/mol. The van der Waals surface area contributed by atoms with Crippen LogP contribution < -0.4 is 10.6 Å². The van der Waals surface area contributed by atoms with E-state index in [1.807, 2.05) is 28.8 Å². The number of amides is 2. The van der Waals surface area contributed by atoms with Crippen LogP contribution in [0.3, 0.4) is 0 Å². The van der Waals surface area contributed by atoms with Crippen LogP contribution in [0.25, 0.3) is 10.9 Å². The average Bonchev–Trinajstić information content (AvgIpc) is 3.23. The van der Waals surface area contributed by atoms with Gasteiger partial charge in [0.2, 0.25) is 5.91 Å². The predicted octanol–water partition coefficient (Wildman–Crippen LogP) is 5.68. The van der Waals surface area contributed by atoms with Gasteiger partial charge in [-0.25, -0.2) is 4.39 Å². The van der Waals surface area contributed by atoms with Crippen molar-refractivity contribution in [2.75, 3.05) is 25.6 Å². The van der Waals surface area contributed by atoms with Gasteiger partial charge in [-0.1, -0.05) is 57.2 Å². The van der Waals surface area contributed by atoms with Crippen molar-refractivity contribution in [3.05, 3.63) is 101 Å². The van der Waals surface area contributed by atoms with E-state index >= 15 is 0 Å². The minimum absolute atomic E-state index is 0.0581. The van der Waals surface area contributed by atoms with Gasteiger partial charge in [0.25, 0.3) is 5.91 Å². The van der Waals surface area contributed by atoms with Gasteiger partial charge in [0, 0.05) is 36.8 Å². The Balaban J connectivity index is 1.60. The van der Waals surface area contributed by atoms with E-state index in [1.165, 1.54) is 17.7 Å². The number of fused-ring (bicyclic) bond motifs is 1. The van der Waals surface area contributed by atoms with E-state index in [1.54, 1.807) is 19.2 Å². The van der Waals surface area contributed by atoms with Crippen molar-refractivity contribution in [3.8, 4) is 0 Å². The van der Waals surface area contributed by atoms with E-state index in [0.29, 0.717) is 31.1 Å². The van der Waals surface area contributed by atoms with Crippen molar-refractivity contribution >= 4 is 28.4 Å². The Morgan fingerprint density at radius 2 is 1.61 bits per heavy atom. The Morgan fingerprint density at radius 1 is 0.921 bits per heavy atom. The second-order valence-corrected chi connectivity index (χ2v) is 10.4. The summed E-state index contributed by atoms with van der Waals surface area (Å²) < 4.78 is 20.2. The number of nitrogens with zero attached hydrogens (tertiary/aromatic N) is 1. The molecule has 0 fully saturated rings. The van der Waals surface area contributed by atoms with Crippen molar-refractivity contribution in [1.82, 2.24) is 9.88 Å². The number of hydrogen-bond donors (Lipinski definition) is 2. The highest BCUT2D eigenvalue weighted by molar-refractivity contribution is 6.01. The van der Waals surface area contributed by atoms with Gasteiger partial charge < -0.3 is 19.9 Å². The first-order valence-corrected chi connectivity index (χ1v) is 12.7. The van der Waals surface area contributed by atoms with E-state index < -0.39 is 0 Å². The lowest BCUT2D eigenvalue weighted by Gasteiger charge is -2.19. The molecule has 0 bridgehead atoms. The topological polar surface area (TPSA) is 72.4 Å². The Kier molecular flexibility index (Phi) is 8.27. The van der Waals surface area contributed by atoms with Crippen molar-refractivity contribution < 1.29 is 18.7 Å². The molecule has 7 heteroatoms. The SMILES string of the molecule is COCCNC(=O)c1cc2cc(NC(=O)Cc3ccc(F)cc3)ccc2n1Cc1ccc(C(C)(C)C)cc1. The summed E-state index contributed by atoms with van der Waals surface area (Å²) in [6.45, 7) is 7.89. The second kappa shape index (κ2) is 11.6. The standard InChI is InChI=1S/C31H34FN3O3/c1-31(2,3)24-9-5-22(6-10-24)20-35-27-14-13-26(34-29(36)17-21-7-11-25(32)12-8-21)18-23(27)19-28(35)30(37)33-15-16-38-4/h5-14,18-19H,15-17,20H2,1-4H3,(H,33,37)(H,34,36). The van der Waals surface area contributed by atoms with Gasteiger partial charge in [0.15, 0.2) is 0 Å². The fourth-order valence-electron chi connectivity index (χ4n) is 4.35. The van der Waals surface area contributed by atoms with Gasteiger partial charge in [0.1, 0.15) is 11.5 Å². The Labute approximate surface area is 222 Å². The molecule has 0 saturated carbocycles. The minimum atomic E-state index is -0.337. The summed E-state index contributed by atoms with van der Waals surface area (Å²) in [6, 6.07) is 21.8. The highest BCUT2D eigenvalue weighted by Crippen LogP contribution is 2.27. The predicted molar refractivity (Wildman–Crippen MR) is 149 cm³/mol. The number of anilines is 1. The van der Waals surface area contributed by atoms with Gasteiger partial charge in [0.05, 0.1) is 13.0 Å². The van der Waals surface area contributed by atoms with Crippen LogP contribution in [0, 0.1) is 5.82 Å². The molecule has 4 rings (SSSR count). The Morgan fingerprint density at radius 3 is 2.26 bits per heavy atom. The number of aromatic nitrogens is 1. The third-order valence-corrected chi connectivity index (χ3v) is 6.45. The number of halogens is 1. The summed E-state index contributed by atoms with van der Waals surface area (Å²) in [4.78, 5) is 25.7. The first-order valence-electron chi connectivity index (χ1n) is 12.7. The molecule has 0 radical (unpaired) electrons. The summed E-state index contributed by atoms with van der Waals surface area (Å²) in [5, 5.41) is 6.66. The first-order chi connectivity index (χ1) is 18.1. The number of benzene rings is 3. The molecule has 0 aliphatic carbocycles. The summed E-state index contributed by atoms with van der Waals surface area (Å²) in [5.74, 6) is -0.727. The third kappa shape index (κ3) is 6.66. The fourth-order valence-corrected chi connectivity index (χ4v) is 4.35. The second-order valence-electron chi connectivity index (χ2n) is 10.4. The van der Waals surface area contributed by atoms with Crippen LogP contribution in [0.5, 0.6) is 0 Å². The summed E-state index contributed by atoms with van der Waals surface area (Å²) >= 11 is 0. The summed E-state index contributed by atoms with van der Waals surface area (Å²) in [6.07, 6.45) is 0.136. The van der Waals surface area contributed by atoms with Gasteiger partial charge in [-0.3, -0.25) is 9.59 Å². The van der Waals surface area contributed by atoms with Crippen LogP contribution in [-0.4, -0.2) is 36.6 Å². The van der Waals surface area contributed by atoms with Crippen molar-refractivity contribution in [3.63, 3.8) is 0 Å². The number of carbonyl (C=O) groups excluding carboxylic acids is 2. The maximum absolute atomic E-state index is 13.2. The van der Waals surface area contributed by atoms with E-state index in [0.717, 1.165) is 22.0 Å². The molecule has 0 aliphatic rings. The number of ether oxygens (including phenoxy) is 1. The summed E-state index contributed by atoms with van der Waals surface area (Å²) in [5.41, 5.74) is 5.16. The molecule has 2 amide bonds. The van der Waals surface area contributed by atoms with Crippen LogP contribution >= 0.6 is 0 Å². The quantitative estimate of drug-likeness (QED) is 0.282. The molecule has 0 atom stereocenters. The molecule has 0 saturated heterocycles. The lowest BCUT2D eigenvalue weighted by molar-refractivity contribution is -0.115. The Bertz CT molecular complexity index is 1420. The number of rotatable bonds is 9. The summed E-state index contributed by atoms with van der Waals surface area (Å²) in [7, 11) is 1.59. The molecule has 38 heavy (non-hydrogen) atoms. The monoisotopic (exact) mass is 515 g/mol. The zero-order valence-corrected chi connectivity index (χ0v) is 22.3. The molecule has 1 heterocycles. The highest BCUT2D eigenvalue weighted by Gasteiger charge is 2.18. The molecule has 0 aliphatic heterocycles. The largest absolute Gasteiger partial charge is 0.383 e. The van der Waals surface area contributed by atoms with E-state index in [4.69, 9.17) is 4.74 Å². The lowest BCUT2D eigenvalue weighted by atomic mass is 9.87. The Hall–Kier alpha value is -3.97. The third-order valence-electron chi connectivity index (χ3n) is 6.45. The molecule has 1 aromatic heterocycles. The molecular formula is C31H34FN3O3. The normalized spacial score (nSPS) is 11.5. The lowest BCUT2D eigenvalue weighted by Crippen LogP contribution is -2.29. The molecule has 2 N–H and O–H groups in total.